The fourth-order valence-electron chi connectivity index (χ4n) is 2.87. The Morgan fingerprint density at radius 3 is 2.78 bits per heavy atom. The molecule has 0 aromatic heterocycles. The molecule has 0 saturated carbocycles. The van der Waals surface area contributed by atoms with E-state index in [9.17, 15) is 4.39 Å². The molecule has 2 aromatic rings. The zero-order chi connectivity index (χ0) is 12.4. The Kier molecular flexibility index (Phi) is 3.28. The van der Waals surface area contributed by atoms with E-state index >= 15 is 0 Å². The van der Waals surface area contributed by atoms with Crippen LogP contribution in [0.25, 0.3) is 10.8 Å². The summed E-state index contributed by atoms with van der Waals surface area (Å²) in [6.45, 7) is 1.82. The highest BCUT2D eigenvalue weighted by Gasteiger charge is 2.25. The average Bonchev–Trinajstić information content (AvgIpc) is 2.47. The third-order valence-corrected chi connectivity index (χ3v) is 3.87. The first kappa shape index (κ1) is 11.7. The van der Waals surface area contributed by atoms with E-state index < -0.39 is 6.17 Å². The van der Waals surface area contributed by atoms with Crippen LogP contribution in [0.3, 0.4) is 0 Å². The molecule has 2 atom stereocenters. The first-order chi connectivity index (χ1) is 8.86. The van der Waals surface area contributed by atoms with Crippen molar-refractivity contribution in [2.24, 2.45) is 5.92 Å². The quantitative estimate of drug-likeness (QED) is 0.844. The van der Waals surface area contributed by atoms with E-state index in [1.807, 2.05) is 42.5 Å². The molecular weight excluding hydrogens is 225 g/mol. The van der Waals surface area contributed by atoms with Gasteiger partial charge in [-0.05, 0) is 35.7 Å². The Morgan fingerprint density at radius 1 is 1.11 bits per heavy atom. The molecule has 0 amide bonds. The maximum atomic E-state index is 14.7. The second-order valence-corrected chi connectivity index (χ2v) is 5.08. The number of hydrogen-bond acceptors (Lipinski definition) is 1. The molecule has 0 spiro atoms. The largest absolute Gasteiger partial charge is 0.316 e. The van der Waals surface area contributed by atoms with E-state index in [2.05, 4.69) is 5.32 Å². The zero-order valence-corrected chi connectivity index (χ0v) is 10.4. The Balaban J connectivity index is 1.97. The molecule has 0 radical (unpaired) electrons. The van der Waals surface area contributed by atoms with Crippen LogP contribution in [0.2, 0.25) is 0 Å². The molecule has 1 aliphatic heterocycles. The van der Waals surface area contributed by atoms with Crippen molar-refractivity contribution in [1.82, 2.24) is 5.32 Å². The molecule has 1 aliphatic rings. The van der Waals surface area contributed by atoms with Crippen molar-refractivity contribution in [2.75, 3.05) is 13.1 Å². The molecule has 3 rings (SSSR count). The van der Waals surface area contributed by atoms with Crippen molar-refractivity contribution in [2.45, 2.75) is 19.0 Å². The number of halogens is 1. The number of fused-ring (bicyclic) bond motifs is 1. The van der Waals surface area contributed by atoms with Crippen molar-refractivity contribution < 1.29 is 4.39 Å². The topological polar surface area (TPSA) is 12.0 Å². The van der Waals surface area contributed by atoms with E-state index in [0.29, 0.717) is 0 Å². The highest BCUT2D eigenvalue weighted by atomic mass is 19.1. The molecule has 1 heterocycles. The second-order valence-electron chi connectivity index (χ2n) is 5.08. The zero-order valence-electron chi connectivity index (χ0n) is 10.4. The summed E-state index contributed by atoms with van der Waals surface area (Å²) in [4.78, 5) is 0. The lowest BCUT2D eigenvalue weighted by Gasteiger charge is -2.26. The standard InChI is InChI=1S/C16H18FN/c17-16(13-7-4-10-18-11-13)15-9-3-6-12-5-1-2-8-14(12)15/h1-3,5-6,8-9,13,16,18H,4,7,10-11H2. The van der Waals surface area contributed by atoms with E-state index in [0.717, 1.165) is 42.3 Å². The van der Waals surface area contributed by atoms with Gasteiger partial charge in [-0.2, -0.15) is 0 Å². The fourth-order valence-corrected chi connectivity index (χ4v) is 2.87. The number of piperidine rings is 1. The Morgan fingerprint density at radius 2 is 1.94 bits per heavy atom. The molecule has 1 saturated heterocycles. The molecule has 0 bridgehead atoms. The molecule has 1 nitrogen and oxygen atoms in total. The lowest BCUT2D eigenvalue weighted by Crippen LogP contribution is -2.32. The van der Waals surface area contributed by atoms with Gasteiger partial charge >= 0.3 is 0 Å². The van der Waals surface area contributed by atoms with Crippen molar-refractivity contribution >= 4 is 10.8 Å². The molecule has 1 fully saturated rings. The monoisotopic (exact) mass is 243 g/mol. The summed E-state index contributed by atoms with van der Waals surface area (Å²) < 4.78 is 14.7. The van der Waals surface area contributed by atoms with Crippen molar-refractivity contribution in [1.29, 1.82) is 0 Å². The second kappa shape index (κ2) is 5.07. The van der Waals surface area contributed by atoms with Gasteiger partial charge in [0.25, 0.3) is 0 Å². The minimum absolute atomic E-state index is 0.115. The summed E-state index contributed by atoms with van der Waals surface area (Å²) in [5.74, 6) is 0.115. The van der Waals surface area contributed by atoms with Crippen LogP contribution in [0.4, 0.5) is 4.39 Å². The van der Waals surface area contributed by atoms with Gasteiger partial charge in [0.15, 0.2) is 0 Å². The smallest absolute Gasteiger partial charge is 0.130 e. The molecule has 18 heavy (non-hydrogen) atoms. The van der Waals surface area contributed by atoms with Crippen LogP contribution in [0, 0.1) is 5.92 Å². The molecule has 0 aliphatic carbocycles. The Bertz CT molecular complexity index is 526. The summed E-state index contributed by atoms with van der Waals surface area (Å²) in [5, 5.41) is 5.47. The van der Waals surface area contributed by atoms with Crippen LogP contribution in [-0.4, -0.2) is 13.1 Å². The summed E-state index contributed by atoms with van der Waals surface area (Å²) in [7, 11) is 0. The van der Waals surface area contributed by atoms with Crippen molar-refractivity contribution in [3.8, 4) is 0 Å². The van der Waals surface area contributed by atoms with Crippen LogP contribution < -0.4 is 5.32 Å². The number of rotatable bonds is 2. The first-order valence-electron chi connectivity index (χ1n) is 6.69. The Labute approximate surface area is 107 Å². The van der Waals surface area contributed by atoms with E-state index in [1.165, 1.54) is 0 Å². The summed E-state index contributed by atoms with van der Waals surface area (Å²) in [5.41, 5.74) is 0.849. The highest BCUT2D eigenvalue weighted by Crippen LogP contribution is 2.34. The predicted octanol–water partition coefficient (Wildman–Crippen LogP) is 3.85. The lowest BCUT2D eigenvalue weighted by molar-refractivity contribution is 0.196. The number of hydrogen-bond donors (Lipinski definition) is 1. The first-order valence-corrected chi connectivity index (χ1v) is 6.69. The molecule has 2 aromatic carbocycles. The minimum atomic E-state index is -0.858. The normalized spacial score (nSPS) is 21.9. The molecule has 1 N–H and O–H groups in total. The lowest BCUT2D eigenvalue weighted by atomic mass is 9.88. The van der Waals surface area contributed by atoms with Crippen LogP contribution in [0.15, 0.2) is 42.5 Å². The summed E-state index contributed by atoms with van der Waals surface area (Å²) in [6, 6.07) is 14.0. The van der Waals surface area contributed by atoms with Crippen molar-refractivity contribution in [3.63, 3.8) is 0 Å². The van der Waals surface area contributed by atoms with E-state index in [1.54, 1.807) is 0 Å². The maximum Gasteiger partial charge on any atom is 0.130 e. The number of alkyl halides is 1. The molecule has 2 unspecified atom stereocenters. The van der Waals surface area contributed by atoms with Crippen LogP contribution >= 0.6 is 0 Å². The molecule has 94 valence electrons. The van der Waals surface area contributed by atoms with Crippen molar-refractivity contribution in [3.05, 3.63) is 48.0 Å². The average molecular weight is 243 g/mol. The summed E-state index contributed by atoms with van der Waals surface area (Å²) in [6.07, 6.45) is 1.21. The third kappa shape index (κ3) is 2.13. The van der Waals surface area contributed by atoms with Crippen LogP contribution in [0.5, 0.6) is 0 Å². The van der Waals surface area contributed by atoms with Gasteiger partial charge in [-0.3, -0.25) is 0 Å². The van der Waals surface area contributed by atoms with Gasteiger partial charge < -0.3 is 5.32 Å². The predicted molar refractivity (Wildman–Crippen MR) is 73.4 cm³/mol. The van der Waals surface area contributed by atoms with Gasteiger partial charge in [-0.25, -0.2) is 4.39 Å². The highest BCUT2D eigenvalue weighted by molar-refractivity contribution is 5.86. The SMILES string of the molecule is FC(c1cccc2ccccc12)C1CCCNC1. The molecular formula is C16H18FN. The molecule has 2 heteroatoms. The number of benzene rings is 2. The third-order valence-electron chi connectivity index (χ3n) is 3.87. The summed E-state index contributed by atoms with van der Waals surface area (Å²) >= 11 is 0. The van der Waals surface area contributed by atoms with Gasteiger partial charge in [0.1, 0.15) is 6.17 Å². The van der Waals surface area contributed by atoms with Gasteiger partial charge in [-0.1, -0.05) is 42.5 Å². The fraction of sp³-hybridized carbons (Fsp3) is 0.375. The van der Waals surface area contributed by atoms with E-state index in [4.69, 9.17) is 0 Å². The van der Waals surface area contributed by atoms with E-state index in [-0.39, 0.29) is 5.92 Å². The minimum Gasteiger partial charge on any atom is -0.316 e. The van der Waals surface area contributed by atoms with Crippen LogP contribution in [0.1, 0.15) is 24.6 Å². The number of nitrogens with one attached hydrogen (secondary N) is 1. The maximum absolute atomic E-state index is 14.7. The van der Waals surface area contributed by atoms with Gasteiger partial charge in [0, 0.05) is 12.5 Å². The van der Waals surface area contributed by atoms with Gasteiger partial charge in [0.2, 0.25) is 0 Å². The van der Waals surface area contributed by atoms with Gasteiger partial charge in [0.05, 0.1) is 0 Å². The Hall–Kier alpha value is -1.41. The van der Waals surface area contributed by atoms with Crippen LogP contribution in [-0.2, 0) is 0 Å². The van der Waals surface area contributed by atoms with Gasteiger partial charge in [-0.15, -0.1) is 0 Å².